The largest absolute Gasteiger partial charge is 0.606 e. The molecule has 2 unspecified atom stereocenters. The number of hydroxylamine groups is 2. The summed E-state index contributed by atoms with van der Waals surface area (Å²) < 4.78 is -0.584. The van der Waals surface area contributed by atoms with Crippen molar-refractivity contribution in [3.8, 4) is 0 Å². The summed E-state index contributed by atoms with van der Waals surface area (Å²) in [6.45, 7) is 2.87. The van der Waals surface area contributed by atoms with E-state index in [9.17, 15) is 14.8 Å². The molecule has 18 heavy (non-hydrogen) atoms. The third-order valence-electron chi connectivity index (χ3n) is 3.42. The number of hydrogen-bond donors (Lipinski definition) is 2. The fourth-order valence-electron chi connectivity index (χ4n) is 2.20. The van der Waals surface area contributed by atoms with Gasteiger partial charge in [-0.1, -0.05) is 0 Å². The summed E-state index contributed by atoms with van der Waals surface area (Å²) in [7, 11) is 0. The van der Waals surface area contributed by atoms with Crippen LogP contribution in [-0.4, -0.2) is 36.2 Å². The van der Waals surface area contributed by atoms with Crippen LogP contribution < -0.4 is 10.7 Å². The second kappa shape index (κ2) is 7.33. The molecule has 0 saturated carbocycles. The second-order valence-corrected chi connectivity index (χ2v) is 4.88. The maximum atomic E-state index is 12.3. The van der Waals surface area contributed by atoms with E-state index >= 15 is 0 Å². The highest BCUT2D eigenvalue weighted by Gasteiger charge is 2.30. The molecule has 2 atom stereocenters. The quantitative estimate of drug-likeness (QED) is 0.305. The van der Waals surface area contributed by atoms with Crippen molar-refractivity contribution >= 4 is 12.3 Å². The Hall–Kier alpha value is -1.14. The van der Waals surface area contributed by atoms with E-state index in [-0.39, 0.29) is 11.9 Å². The Morgan fingerprint density at radius 3 is 2.89 bits per heavy atom. The standard InChI is InChI=1S/C12H22N3O3/c1-11-6-3-5-9-15(11,18)14-12(17)7-2-4-8-13-10-16/h11H,2-9H2,1H3,(H,13,16)(H,14,17). The molecule has 0 aliphatic carbocycles. The first-order valence-corrected chi connectivity index (χ1v) is 6.58. The van der Waals surface area contributed by atoms with Crippen LogP contribution in [0.25, 0.3) is 0 Å². The number of quaternary nitrogens is 1. The number of piperidine rings is 1. The van der Waals surface area contributed by atoms with Crippen LogP contribution in [-0.2, 0) is 9.59 Å². The zero-order valence-corrected chi connectivity index (χ0v) is 10.9. The fourth-order valence-corrected chi connectivity index (χ4v) is 2.20. The molecule has 103 valence electrons. The number of unbranched alkanes of at least 4 members (excludes halogenated alkanes) is 1. The van der Waals surface area contributed by atoms with Crippen LogP contribution in [0.2, 0.25) is 0 Å². The number of nitrogens with zero attached hydrogens (tertiary/aromatic N) is 1. The average Bonchev–Trinajstić information content (AvgIpc) is 2.33. The number of amides is 2. The SMILES string of the molecule is CC1CCCC[N+]1([O-])NC(=O)CCCCN[C]=O. The summed E-state index contributed by atoms with van der Waals surface area (Å²) in [5.41, 5.74) is 2.58. The molecule has 6 nitrogen and oxygen atoms in total. The van der Waals surface area contributed by atoms with Crippen molar-refractivity contribution in [1.82, 2.24) is 10.7 Å². The highest BCUT2D eigenvalue weighted by molar-refractivity contribution is 5.74. The fraction of sp³-hybridized carbons (Fsp3) is 0.833. The molecule has 1 fully saturated rings. The summed E-state index contributed by atoms with van der Waals surface area (Å²) >= 11 is 0. The molecule has 6 heteroatoms. The van der Waals surface area contributed by atoms with E-state index in [1.54, 1.807) is 6.41 Å². The molecule has 1 saturated heterocycles. The van der Waals surface area contributed by atoms with Crippen molar-refractivity contribution in [1.29, 1.82) is 0 Å². The lowest BCUT2D eigenvalue weighted by Gasteiger charge is -2.48. The van der Waals surface area contributed by atoms with Gasteiger partial charge in [-0.25, -0.2) is 5.43 Å². The van der Waals surface area contributed by atoms with Crippen LogP contribution in [0.5, 0.6) is 0 Å². The van der Waals surface area contributed by atoms with Gasteiger partial charge in [-0.15, -0.1) is 0 Å². The molecular formula is C12H22N3O3. The van der Waals surface area contributed by atoms with Gasteiger partial charge >= 0.3 is 6.41 Å². The van der Waals surface area contributed by atoms with E-state index < -0.39 is 4.76 Å². The Bertz CT molecular complexity index is 286. The third-order valence-corrected chi connectivity index (χ3v) is 3.42. The van der Waals surface area contributed by atoms with Gasteiger partial charge < -0.3 is 10.5 Å². The lowest BCUT2D eigenvalue weighted by molar-refractivity contribution is -0.942. The Labute approximate surface area is 108 Å². The molecule has 1 rings (SSSR count). The highest BCUT2D eigenvalue weighted by Crippen LogP contribution is 2.21. The summed E-state index contributed by atoms with van der Waals surface area (Å²) in [6, 6.07) is -0.0611. The van der Waals surface area contributed by atoms with E-state index in [1.165, 1.54) is 0 Å². The predicted octanol–water partition coefficient (Wildman–Crippen LogP) is 0.732. The van der Waals surface area contributed by atoms with Gasteiger partial charge in [0.25, 0.3) is 5.91 Å². The normalized spacial score (nSPS) is 27.6. The van der Waals surface area contributed by atoms with Crippen molar-refractivity contribution in [2.75, 3.05) is 13.1 Å². The molecule has 1 radical (unpaired) electrons. The number of nitrogens with one attached hydrogen (secondary N) is 2. The predicted molar refractivity (Wildman–Crippen MR) is 67.5 cm³/mol. The summed E-state index contributed by atoms with van der Waals surface area (Å²) in [6.07, 6.45) is 6.08. The Kier molecular flexibility index (Phi) is 6.07. The minimum atomic E-state index is -0.584. The van der Waals surface area contributed by atoms with Crippen LogP contribution in [0.1, 0.15) is 45.4 Å². The van der Waals surface area contributed by atoms with Crippen LogP contribution in [0, 0.1) is 5.21 Å². The zero-order chi connectivity index (χ0) is 13.4. The Morgan fingerprint density at radius 2 is 2.22 bits per heavy atom. The van der Waals surface area contributed by atoms with E-state index in [0.29, 0.717) is 25.9 Å². The maximum Gasteiger partial charge on any atom is 0.309 e. The first-order valence-electron chi connectivity index (χ1n) is 6.58. The average molecular weight is 256 g/mol. The van der Waals surface area contributed by atoms with Crippen molar-refractivity contribution in [2.24, 2.45) is 0 Å². The second-order valence-electron chi connectivity index (χ2n) is 4.88. The molecule has 0 aromatic carbocycles. The van der Waals surface area contributed by atoms with Gasteiger partial charge in [0, 0.05) is 19.4 Å². The van der Waals surface area contributed by atoms with Crippen molar-refractivity contribution in [3.63, 3.8) is 0 Å². The number of hydrogen-bond acceptors (Lipinski definition) is 3. The van der Waals surface area contributed by atoms with E-state index in [0.717, 1.165) is 25.7 Å². The van der Waals surface area contributed by atoms with Gasteiger partial charge in [0.15, 0.2) is 0 Å². The molecule has 0 spiro atoms. The summed E-state index contributed by atoms with van der Waals surface area (Å²) in [4.78, 5) is 21.6. The zero-order valence-electron chi connectivity index (χ0n) is 10.9. The lowest BCUT2D eigenvalue weighted by Crippen LogP contribution is -2.62. The smallest absolute Gasteiger partial charge is 0.309 e. The van der Waals surface area contributed by atoms with Gasteiger partial charge in [0.2, 0.25) is 0 Å². The molecule has 1 aliphatic heterocycles. The van der Waals surface area contributed by atoms with Crippen molar-refractivity contribution in [2.45, 2.75) is 51.5 Å². The monoisotopic (exact) mass is 256 g/mol. The molecule has 0 bridgehead atoms. The molecule has 1 aliphatic rings. The minimum absolute atomic E-state index is 0.0611. The first-order chi connectivity index (χ1) is 8.58. The molecule has 0 aromatic rings. The summed E-state index contributed by atoms with van der Waals surface area (Å²) in [5.74, 6) is -0.200. The number of carbonyl (C=O) groups excluding carboxylic acids is 2. The van der Waals surface area contributed by atoms with Crippen LogP contribution in [0.4, 0.5) is 0 Å². The third kappa shape index (κ3) is 4.62. The van der Waals surface area contributed by atoms with Crippen molar-refractivity contribution in [3.05, 3.63) is 5.21 Å². The van der Waals surface area contributed by atoms with Gasteiger partial charge in [-0.05, 0) is 32.6 Å². The minimum Gasteiger partial charge on any atom is -0.606 e. The molecular weight excluding hydrogens is 234 g/mol. The highest BCUT2D eigenvalue weighted by atomic mass is 16.6. The van der Waals surface area contributed by atoms with Crippen molar-refractivity contribution < 1.29 is 14.3 Å². The Morgan fingerprint density at radius 1 is 1.44 bits per heavy atom. The maximum absolute atomic E-state index is 12.3. The molecule has 2 amide bonds. The van der Waals surface area contributed by atoms with Crippen LogP contribution in [0.15, 0.2) is 0 Å². The van der Waals surface area contributed by atoms with E-state index in [1.807, 2.05) is 6.92 Å². The number of carbonyl (C=O) groups is 1. The van der Waals surface area contributed by atoms with Gasteiger partial charge in [0.1, 0.15) is 12.6 Å². The van der Waals surface area contributed by atoms with E-state index in [4.69, 9.17) is 0 Å². The van der Waals surface area contributed by atoms with Gasteiger partial charge in [-0.3, -0.25) is 14.3 Å². The Balaban J connectivity index is 2.23. The van der Waals surface area contributed by atoms with Gasteiger partial charge in [-0.2, -0.15) is 0 Å². The number of rotatable bonds is 7. The lowest BCUT2D eigenvalue weighted by atomic mass is 10.1. The van der Waals surface area contributed by atoms with Gasteiger partial charge in [0.05, 0.1) is 0 Å². The van der Waals surface area contributed by atoms with Crippen LogP contribution in [0.3, 0.4) is 0 Å². The molecule has 1 heterocycles. The molecule has 2 N–H and O–H groups in total. The van der Waals surface area contributed by atoms with E-state index in [2.05, 4.69) is 10.7 Å². The first kappa shape index (κ1) is 14.9. The molecule has 0 aromatic heterocycles. The summed E-state index contributed by atoms with van der Waals surface area (Å²) in [5, 5.41) is 14.8. The van der Waals surface area contributed by atoms with Crippen LogP contribution >= 0.6 is 0 Å². The topological polar surface area (TPSA) is 81.3 Å².